The molecule has 1 N–H and O–H groups in total. The van der Waals surface area contributed by atoms with E-state index in [9.17, 15) is 9.59 Å². The summed E-state index contributed by atoms with van der Waals surface area (Å²) >= 11 is 0. The van der Waals surface area contributed by atoms with Crippen LogP contribution in [0, 0.1) is 0 Å². The lowest BCUT2D eigenvalue weighted by Crippen LogP contribution is -2.57. The summed E-state index contributed by atoms with van der Waals surface area (Å²) in [5.41, 5.74) is 2.23. The monoisotopic (exact) mass is 562 g/mol. The van der Waals surface area contributed by atoms with Crippen molar-refractivity contribution in [3.05, 3.63) is 102 Å². The molecule has 3 aromatic rings. The van der Waals surface area contributed by atoms with Gasteiger partial charge in [-0.2, -0.15) is 0 Å². The Morgan fingerprint density at radius 2 is 1.41 bits per heavy atom. The molecule has 4 rings (SSSR count). The molecule has 3 aromatic carbocycles. The molecular weight excluding hydrogens is 525 g/mol. The Morgan fingerprint density at radius 3 is 2.05 bits per heavy atom. The van der Waals surface area contributed by atoms with E-state index in [1.165, 1.54) is 10.5 Å². The first-order valence-corrected chi connectivity index (χ1v) is 15.9. The molecular formula is C31H38N4O2S2. The highest BCUT2D eigenvalue weighted by Crippen LogP contribution is 2.30. The van der Waals surface area contributed by atoms with Crippen molar-refractivity contribution in [2.45, 2.75) is 23.8 Å². The molecule has 8 heteroatoms. The van der Waals surface area contributed by atoms with Crippen molar-refractivity contribution < 1.29 is 9.59 Å². The average Bonchev–Trinajstić information content (AvgIpc) is 2.98. The third-order valence-corrected chi connectivity index (χ3v) is 9.20. The number of urea groups is 1. The average molecular weight is 563 g/mol. The van der Waals surface area contributed by atoms with Crippen LogP contribution < -0.4 is 5.32 Å². The highest BCUT2D eigenvalue weighted by atomic mass is 33.1. The molecule has 0 bridgehead atoms. The second-order valence-electron chi connectivity index (χ2n) is 9.76. The van der Waals surface area contributed by atoms with Crippen LogP contribution in [0.15, 0.2) is 95.9 Å². The largest absolute Gasteiger partial charge is 0.338 e. The standard InChI is InChI=1S/C31H38N4O2S2/c1-33-19-21-34(22-20-33)30(36)29(25-27-13-7-3-8-14-27)32-31(37)35(18-17-26-11-5-2-6-12-26)23-24-38-39-28-15-9-4-10-16-28/h2-16,29H,17-25H2,1H3,(H,32,37)/t29-/m0/s1. The summed E-state index contributed by atoms with van der Waals surface area (Å²) in [6.07, 6.45) is 1.24. The normalized spacial score (nSPS) is 14.5. The molecule has 1 atom stereocenters. The number of hydrogen-bond donors (Lipinski definition) is 1. The summed E-state index contributed by atoms with van der Waals surface area (Å²) in [5.74, 6) is 0.787. The molecule has 1 heterocycles. The van der Waals surface area contributed by atoms with Crippen molar-refractivity contribution in [1.82, 2.24) is 20.0 Å². The van der Waals surface area contributed by atoms with Crippen LogP contribution in [0.2, 0.25) is 0 Å². The van der Waals surface area contributed by atoms with Crippen molar-refractivity contribution in [2.24, 2.45) is 0 Å². The van der Waals surface area contributed by atoms with Crippen LogP contribution in [0.4, 0.5) is 4.79 Å². The van der Waals surface area contributed by atoms with Crippen LogP contribution >= 0.6 is 21.6 Å². The molecule has 1 aliphatic rings. The van der Waals surface area contributed by atoms with Crippen LogP contribution in [-0.4, -0.2) is 84.7 Å². The fourth-order valence-corrected chi connectivity index (χ4v) is 6.49. The van der Waals surface area contributed by atoms with Crippen LogP contribution in [0.5, 0.6) is 0 Å². The zero-order valence-corrected chi connectivity index (χ0v) is 24.2. The Labute approximate surface area is 240 Å². The van der Waals surface area contributed by atoms with E-state index >= 15 is 0 Å². The van der Waals surface area contributed by atoms with Crippen molar-refractivity contribution >= 4 is 33.5 Å². The summed E-state index contributed by atoms with van der Waals surface area (Å²) in [5, 5.41) is 3.13. The third kappa shape index (κ3) is 9.64. The van der Waals surface area contributed by atoms with Gasteiger partial charge in [-0.3, -0.25) is 4.79 Å². The highest BCUT2D eigenvalue weighted by Gasteiger charge is 2.29. The Hall–Kier alpha value is -2.94. The number of hydrogen-bond acceptors (Lipinski definition) is 5. The van der Waals surface area contributed by atoms with Gasteiger partial charge in [0.25, 0.3) is 0 Å². The number of benzene rings is 3. The first-order chi connectivity index (χ1) is 19.1. The summed E-state index contributed by atoms with van der Waals surface area (Å²) in [7, 11) is 5.53. The Kier molecular flexibility index (Phi) is 11.6. The predicted octanol–water partition coefficient (Wildman–Crippen LogP) is 5.07. The maximum Gasteiger partial charge on any atom is 0.318 e. The zero-order valence-electron chi connectivity index (χ0n) is 22.6. The van der Waals surface area contributed by atoms with Gasteiger partial charge in [0, 0.05) is 56.3 Å². The summed E-state index contributed by atoms with van der Waals surface area (Å²) in [6, 6.07) is 29.7. The lowest BCUT2D eigenvalue weighted by atomic mass is 10.0. The van der Waals surface area contributed by atoms with Gasteiger partial charge in [0.05, 0.1) is 0 Å². The quantitative estimate of drug-likeness (QED) is 0.247. The molecule has 0 spiro atoms. The summed E-state index contributed by atoms with van der Waals surface area (Å²) in [4.78, 5) is 34.5. The minimum absolute atomic E-state index is 0.00248. The molecule has 0 aromatic heterocycles. The topological polar surface area (TPSA) is 55.9 Å². The summed E-state index contributed by atoms with van der Waals surface area (Å²) in [6.45, 7) is 4.24. The van der Waals surface area contributed by atoms with E-state index in [-0.39, 0.29) is 11.9 Å². The van der Waals surface area contributed by atoms with E-state index in [1.54, 1.807) is 21.6 Å². The second-order valence-corrected chi connectivity index (χ2v) is 12.3. The van der Waals surface area contributed by atoms with Crippen molar-refractivity contribution in [3.63, 3.8) is 0 Å². The number of piperazine rings is 1. The van der Waals surface area contributed by atoms with Crippen LogP contribution in [0.1, 0.15) is 11.1 Å². The van der Waals surface area contributed by atoms with Gasteiger partial charge in [0.2, 0.25) is 5.91 Å². The molecule has 6 nitrogen and oxygen atoms in total. The molecule has 0 aliphatic carbocycles. The van der Waals surface area contributed by atoms with Crippen LogP contribution in [-0.2, 0) is 17.6 Å². The molecule has 3 amide bonds. The predicted molar refractivity (Wildman–Crippen MR) is 163 cm³/mol. The van der Waals surface area contributed by atoms with E-state index in [0.29, 0.717) is 32.6 Å². The van der Waals surface area contributed by atoms with Gasteiger partial charge >= 0.3 is 6.03 Å². The Balaban J connectivity index is 1.42. The Bertz CT molecular complexity index is 1140. The molecule has 0 saturated carbocycles. The summed E-state index contributed by atoms with van der Waals surface area (Å²) < 4.78 is 0. The molecule has 0 unspecified atom stereocenters. The van der Waals surface area contributed by atoms with Crippen LogP contribution in [0.3, 0.4) is 0 Å². The van der Waals surface area contributed by atoms with Crippen molar-refractivity contribution in [2.75, 3.05) is 52.1 Å². The maximum absolute atomic E-state index is 13.7. The van der Waals surface area contributed by atoms with E-state index in [4.69, 9.17) is 0 Å². The van der Waals surface area contributed by atoms with Crippen molar-refractivity contribution in [1.29, 1.82) is 0 Å². The Morgan fingerprint density at radius 1 is 0.821 bits per heavy atom. The maximum atomic E-state index is 13.7. The lowest BCUT2D eigenvalue weighted by Gasteiger charge is -2.35. The van der Waals surface area contributed by atoms with E-state index in [0.717, 1.165) is 30.8 Å². The number of nitrogens with zero attached hydrogens (tertiary/aromatic N) is 3. The molecule has 1 aliphatic heterocycles. The van der Waals surface area contributed by atoms with Gasteiger partial charge in [-0.25, -0.2) is 4.79 Å². The zero-order chi connectivity index (χ0) is 27.3. The third-order valence-electron chi connectivity index (χ3n) is 6.84. The fourth-order valence-electron chi connectivity index (χ4n) is 4.49. The minimum atomic E-state index is -0.603. The molecule has 0 radical (unpaired) electrons. The minimum Gasteiger partial charge on any atom is -0.338 e. The number of carbonyl (C=O) groups excluding carboxylic acids is 2. The van der Waals surface area contributed by atoms with E-state index in [1.807, 2.05) is 76.5 Å². The molecule has 1 fully saturated rings. The second kappa shape index (κ2) is 15.6. The van der Waals surface area contributed by atoms with Gasteiger partial charge < -0.3 is 20.0 Å². The van der Waals surface area contributed by atoms with Crippen molar-refractivity contribution in [3.8, 4) is 0 Å². The smallest absolute Gasteiger partial charge is 0.318 e. The molecule has 206 valence electrons. The number of amides is 3. The molecule has 39 heavy (non-hydrogen) atoms. The number of rotatable bonds is 12. The van der Waals surface area contributed by atoms with Gasteiger partial charge in [-0.1, -0.05) is 100 Å². The SMILES string of the molecule is CN1CCN(C(=O)[C@H](Cc2ccccc2)NC(=O)N(CCSSc2ccccc2)CCc2ccccc2)CC1. The van der Waals surface area contributed by atoms with Crippen LogP contribution in [0.25, 0.3) is 0 Å². The first kappa shape index (κ1) is 29.1. The number of likely N-dealkylation sites (N-methyl/N-ethyl adjacent to an activating group) is 1. The number of nitrogens with one attached hydrogen (secondary N) is 1. The fraction of sp³-hybridized carbons (Fsp3) is 0.355. The van der Waals surface area contributed by atoms with Gasteiger partial charge in [0.1, 0.15) is 6.04 Å². The first-order valence-electron chi connectivity index (χ1n) is 13.5. The van der Waals surface area contributed by atoms with E-state index in [2.05, 4.69) is 41.5 Å². The van der Waals surface area contributed by atoms with Gasteiger partial charge in [0.15, 0.2) is 0 Å². The van der Waals surface area contributed by atoms with Gasteiger partial charge in [-0.15, -0.1) is 0 Å². The molecule has 1 saturated heterocycles. The van der Waals surface area contributed by atoms with Gasteiger partial charge in [-0.05, 0) is 36.7 Å². The van der Waals surface area contributed by atoms with E-state index < -0.39 is 6.04 Å². The highest BCUT2D eigenvalue weighted by molar-refractivity contribution is 8.76. The number of carbonyl (C=O) groups is 2. The lowest BCUT2D eigenvalue weighted by molar-refractivity contribution is -0.134.